The van der Waals surface area contributed by atoms with E-state index in [1.54, 1.807) is 0 Å². The van der Waals surface area contributed by atoms with Gasteiger partial charge in [-0.3, -0.25) is 4.79 Å². The lowest BCUT2D eigenvalue weighted by molar-refractivity contribution is -0.134. The van der Waals surface area contributed by atoms with Gasteiger partial charge in [0.1, 0.15) is 5.57 Å². The number of ether oxygens (including phenoxy) is 1. The molecule has 0 amide bonds. The Morgan fingerprint density at radius 2 is 1.80 bits per heavy atom. The molecule has 4 heteroatoms. The second-order valence-corrected chi connectivity index (χ2v) is 4.63. The van der Waals surface area contributed by atoms with Gasteiger partial charge in [-0.1, -0.05) is 30.3 Å². The van der Waals surface area contributed by atoms with Crippen LogP contribution in [0, 0.1) is 0 Å². The molecule has 1 aromatic heterocycles. The van der Waals surface area contributed by atoms with E-state index < -0.39 is 5.97 Å². The number of rotatable bonds is 2. The van der Waals surface area contributed by atoms with E-state index in [1.807, 2.05) is 36.4 Å². The van der Waals surface area contributed by atoms with Crippen LogP contribution in [-0.4, -0.2) is 23.8 Å². The average molecular weight is 267 g/mol. The first-order valence-electron chi connectivity index (χ1n) is 6.26. The quantitative estimate of drug-likeness (QED) is 0.570. The Hall–Kier alpha value is -2.62. The van der Waals surface area contributed by atoms with Crippen molar-refractivity contribution in [2.75, 3.05) is 7.11 Å². The maximum atomic E-state index is 11.9. The molecule has 3 aromatic rings. The van der Waals surface area contributed by atoms with Gasteiger partial charge in [-0.05, 0) is 18.4 Å². The number of carbonyl (C=O) groups is 2. The third-order valence-corrected chi connectivity index (χ3v) is 3.43. The zero-order valence-electron chi connectivity index (χ0n) is 11.2. The third kappa shape index (κ3) is 1.69. The first-order valence-corrected chi connectivity index (χ1v) is 6.26. The van der Waals surface area contributed by atoms with Gasteiger partial charge in [0.05, 0.1) is 12.5 Å². The Labute approximate surface area is 115 Å². The van der Waals surface area contributed by atoms with Crippen molar-refractivity contribution >= 4 is 39.0 Å². The summed E-state index contributed by atoms with van der Waals surface area (Å²) >= 11 is 0. The number of benzene rings is 2. The molecule has 1 heterocycles. The van der Waals surface area contributed by atoms with Crippen LogP contribution in [0.15, 0.2) is 36.4 Å². The summed E-state index contributed by atoms with van der Waals surface area (Å²) in [6.45, 7) is 1.37. The topological polar surface area (TPSA) is 59.2 Å². The summed E-state index contributed by atoms with van der Waals surface area (Å²) < 4.78 is 4.72. The van der Waals surface area contributed by atoms with Crippen molar-refractivity contribution in [3.8, 4) is 0 Å². The lowest BCUT2D eigenvalue weighted by Crippen LogP contribution is -2.21. The van der Waals surface area contributed by atoms with Crippen LogP contribution >= 0.6 is 0 Å². The summed E-state index contributed by atoms with van der Waals surface area (Å²) in [6.07, 6.45) is 0. The fourth-order valence-corrected chi connectivity index (χ4v) is 2.58. The van der Waals surface area contributed by atoms with Crippen molar-refractivity contribution in [1.82, 2.24) is 4.98 Å². The molecule has 0 aliphatic heterocycles. The standard InChI is InChI=1S/C16H13NO3/c1-9(18)13(16(19)20-2)15-11-7-3-5-10-6-4-8-12(17-15)14(10)11/h3-8,17H,1-2H3/b15-13+. The van der Waals surface area contributed by atoms with Crippen LogP contribution in [0.4, 0.5) is 0 Å². The third-order valence-electron chi connectivity index (χ3n) is 3.43. The summed E-state index contributed by atoms with van der Waals surface area (Å²) in [5.41, 5.74) is 0.951. The van der Waals surface area contributed by atoms with E-state index in [4.69, 9.17) is 4.74 Å². The molecule has 0 bridgehead atoms. The van der Waals surface area contributed by atoms with Crippen molar-refractivity contribution < 1.29 is 14.3 Å². The Morgan fingerprint density at radius 1 is 1.10 bits per heavy atom. The number of carbonyl (C=O) groups excluding carboxylic acids is 2. The first-order chi connectivity index (χ1) is 9.63. The highest BCUT2D eigenvalue weighted by Gasteiger charge is 2.19. The minimum absolute atomic E-state index is 0.0520. The molecule has 20 heavy (non-hydrogen) atoms. The molecule has 2 aromatic carbocycles. The van der Waals surface area contributed by atoms with E-state index >= 15 is 0 Å². The number of H-pyrrole nitrogens is 1. The van der Waals surface area contributed by atoms with Gasteiger partial charge in [0, 0.05) is 16.3 Å². The number of esters is 1. The predicted molar refractivity (Wildman–Crippen MR) is 77.1 cm³/mol. The van der Waals surface area contributed by atoms with Crippen molar-refractivity contribution in [1.29, 1.82) is 0 Å². The molecule has 100 valence electrons. The number of Topliss-reactive ketones (excluding diaryl/α,β-unsaturated/α-hetero) is 1. The molecule has 0 unspecified atom stereocenters. The lowest BCUT2D eigenvalue weighted by atomic mass is 10.1. The van der Waals surface area contributed by atoms with Gasteiger partial charge in [-0.15, -0.1) is 0 Å². The molecule has 0 spiro atoms. The SMILES string of the molecule is COC(=O)/C(C(C)=O)=c1/[nH]c2cccc3cccc1c32. The normalized spacial score (nSPS) is 12.7. The predicted octanol–water partition coefficient (Wildman–Crippen LogP) is 1.95. The Kier molecular flexibility index (Phi) is 2.79. The van der Waals surface area contributed by atoms with Crippen LogP contribution < -0.4 is 5.35 Å². The molecule has 0 saturated heterocycles. The zero-order chi connectivity index (χ0) is 14.3. The monoisotopic (exact) mass is 267 g/mol. The highest BCUT2D eigenvalue weighted by molar-refractivity contribution is 6.39. The van der Waals surface area contributed by atoms with Gasteiger partial charge >= 0.3 is 5.97 Å². The molecule has 1 N–H and O–H groups in total. The lowest BCUT2D eigenvalue weighted by Gasteiger charge is -2.00. The van der Waals surface area contributed by atoms with Crippen LogP contribution in [-0.2, 0) is 14.3 Å². The van der Waals surface area contributed by atoms with Crippen molar-refractivity contribution in [2.45, 2.75) is 6.92 Å². The maximum absolute atomic E-state index is 11.9. The zero-order valence-corrected chi connectivity index (χ0v) is 11.2. The van der Waals surface area contributed by atoms with E-state index in [0.29, 0.717) is 5.35 Å². The van der Waals surface area contributed by atoms with E-state index in [0.717, 1.165) is 21.7 Å². The van der Waals surface area contributed by atoms with Crippen molar-refractivity contribution in [3.63, 3.8) is 0 Å². The van der Waals surface area contributed by atoms with Gasteiger partial charge in [-0.2, -0.15) is 0 Å². The fraction of sp³-hybridized carbons (Fsp3) is 0.125. The second kappa shape index (κ2) is 4.49. The summed E-state index contributed by atoms with van der Waals surface area (Å²) in [6, 6.07) is 11.7. The molecule has 4 nitrogen and oxygen atoms in total. The summed E-state index contributed by atoms with van der Waals surface area (Å²) in [5.74, 6) is -0.936. The minimum Gasteiger partial charge on any atom is -0.465 e. The summed E-state index contributed by atoms with van der Waals surface area (Å²) in [5, 5.41) is 3.47. The molecule has 0 fully saturated rings. The van der Waals surface area contributed by atoms with Gasteiger partial charge in [0.15, 0.2) is 5.78 Å². The largest absolute Gasteiger partial charge is 0.465 e. The minimum atomic E-state index is -0.621. The number of hydrogen-bond acceptors (Lipinski definition) is 3. The van der Waals surface area contributed by atoms with Crippen LogP contribution in [0.25, 0.3) is 27.2 Å². The highest BCUT2D eigenvalue weighted by Crippen LogP contribution is 2.23. The molecule has 0 aliphatic rings. The maximum Gasteiger partial charge on any atom is 0.343 e. The Balaban J connectivity index is 2.56. The Morgan fingerprint density at radius 3 is 2.45 bits per heavy atom. The van der Waals surface area contributed by atoms with Crippen LogP contribution in [0.5, 0.6) is 0 Å². The average Bonchev–Trinajstić information content (AvgIpc) is 2.80. The van der Waals surface area contributed by atoms with Crippen molar-refractivity contribution in [3.05, 3.63) is 41.7 Å². The van der Waals surface area contributed by atoms with Crippen LogP contribution in [0.2, 0.25) is 0 Å². The second-order valence-electron chi connectivity index (χ2n) is 4.63. The Bertz CT molecular complexity index is 884. The van der Waals surface area contributed by atoms with E-state index in [1.165, 1.54) is 14.0 Å². The number of hydrogen-bond donors (Lipinski definition) is 1. The molecular weight excluding hydrogens is 254 g/mol. The molecule has 0 aliphatic carbocycles. The number of ketones is 1. The molecular formula is C16H13NO3. The molecule has 0 saturated carbocycles. The van der Waals surface area contributed by atoms with Crippen molar-refractivity contribution in [2.24, 2.45) is 0 Å². The van der Waals surface area contributed by atoms with Crippen LogP contribution in [0.3, 0.4) is 0 Å². The number of aromatic amines is 1. The smallest absolute Gasteiger partial charge is 0.343 e. The van der Waals surface area contributed by atoms with E-state index in [-0.39, 0.29) is 11.4 Å². The molecule has 3 rings (SSSR count). The van der Waals surface area contributed by atoms with Gasteiger partial charge < -0.3 is 9.72 Å². The van der Waals surface area contributed by atoms with E-state index in [9.17, 15) is 9.59 Å². The van der Waals surface area contributed by atoms with Gasteiger partial charge in [0.2, 0.25) is 0 Å². The molecule has 0 atom stereocenters. The molecule has 0 radical (unpaired) electrons. The first kappa shape index (κ1) is 12.4. The van der Waals surface area contributed by atoms with Gasteiger partial charge in [-0.25, -0.2) is 4.79 Å². The van der Waals surface area contributed by atoms with E-state index in [2.05, 4.69) is 4.98 Å². The summed E-state index contributed by atoms with van der Waals surface area (Å²) in [4.78, 5) is 26.8. The van der Waals surface area contributed by atoms with Crippen LogP contribution in [0.1, 0.15) is 6.92 Å². The summed E-state index contributed by atoms with van der Waals surface area (Å²) in [7, 11) is 1.27. The number of nitrogens with one attached hydrogen (secondary N) is 1. The number of aromatic nitrogens is 1. The highest BCUT2D eigenvalue weighted by atomic mass is 16.5. The van der Waals surface area contributed by atoms with Gasteiger partial charge in [0.25, 0.3) is 0 Å². The number of methoxy groups -OCH3 is 1. The fourth-order valence-electron chi connectivity index (χ4n) is 2.58.